The van der Waals surface area contributed by atoms with Crippen molar-refractivity contribution in [3.8, 4) is 11.4 Å². The van der Waals surface area contributed by atoms with E-state index in [1.807, 2.05) is 34.1 Å². The van der Waals surface area contributed by atoms with Gasteiger partial charge in [0.2, 0.25) is 0 Å². The van der Waals surface area contributed by atoms with Crippen LogP contribution in [0.25, 0.3) is 23.5 Å². The van der Waals surface area contributed by atoms with E-state index < -0.39 is 0 Å². The second-order valence-corrected chi connectivity index (χ2v) is 7.46. The molecule has 0 aromatic carbocycles. The van der Waals surface area contributed by atoms with E-state index in [0.717, 1.165) is 34.4 Å². The standard InChI is InChI=1S/C24H18N10/c1-3-33-20-13-25-7-5-16(20)29-22(33)9-15-11-28-24-18(31-32-19(24)12-27-15)10-23-30-17-6-8-26-14-21(17)34(23)4-2/h3-14,29-30H,1-2H2/b22-9+,23-10+. The average molecular weight is 446 g/mol. The number of rotatable bonds is 4. The lowest BCUT2D eigenvalue weighted by Gasteiger charge is -2.13. The summed E-state index contributed by atoms with van der Waals surface area (Å²) in [6.45, 7) is 7.82. The van der Waals surface area contributed by atoms with Gasteiger partial charge >= 0.3 is 0 Å². The Labute approximate surface area is 195 Å². The maximum Gasteiger partial charge on any atom is 0.132 e. The summed E-state index contributed by atoms with van der Waals surface area (Å²) >= 11 is 0. The fraction of sp³-hybridized carbons (Fsp3) is 0. The fourth-order valence-electron chi connectivity index (χ4n) is 3.92. The number of anilines is 4. The quantitative estimate of drug-likeness (QED) is 0.479. The Morgan fingerprint density at radius 2 is 1.38 bits per heavy atom. The van der Waals surface area contributed by atoms with Crippen molar-refractivity contribution in [1.29, 1.82) is 0 Å². The van der Waals surface area contributed by atoms with Gasteiger partial charge in [0.1, 0.15) is 28.7 Å². The van der Waals surface area contributed by atoms with E-state index in [1.165, 1.54) is 0 Å². The number of nitrogens with one attached hydrogen (secondary N) is 2. The highest BCUT2D eigenvalue weighted by Gasteiger charge is 2.24. The third-order valence-electron chi connectivity index (χ3n) is 5.50. The van der Waals surface area contributed by atoms with Crippen LogP contribution in [0.15, 0.2) is 86.5 Å². The van der Waals surface area contributed by atoms with E-state index in [9.17, 15) is 0 Å². The second kappa shape index (κ2) is 7.78. The molecule has 6 heterocycles. The molecule has 0 aliphatic carbocycles. The second-order valence-electron chi connectivity index (χ2n) is 7.46. The van der Waals surface area contributed by atoms with E-state index >= 15 is 0 Å². The largest absolute Gasteiger partial charge is 0.339 e. The molecule has 0 amide bonds. The molecule has 2 aromatic rings. The maximum atomic E-state index is 4.64. The number of hydrogen-bond donors (Lipinski definition) is 2. The van der Waals surface area contributed by atoms with Gasteiger partial charge in [0.25, 0.3) is 0 Å². The van der Waals surface area contributed by atoms with Crippen molar-refractivity contribution in [3.63, 3.8) is 0 Å². The molecule has 10 nitrogen and oxygen atoms in total. The Bertz CT molecular complexity index is 1470. The lowest BCUT2D eigenvalue weighted by atomic mass is 10.2. The molecular weight excluding hydrogens is 428 g/mol. The molecule has 0 bridgehead atoms. The van der Waals surface area contributed by atoms with Crippen molar-refractivity contribution < 1.29 is 0 Å². The van der Waals surface area contributed by atoms with Gasteiger partial charge in [0, 0.05) is 36.9 Å². The Morgan fingerprint density at radius 1 is 0.735 bits per heavy atom. The minimum Gasteiger partial charge on any atom is -0.339 e. The summed E-state index contributed by atoms with van der Waals surface area (Å²) < 4.78 is 0. The molecule has 4 aliphatic heterocycles. The highest BCUT2D eigenvalue weighted by atomic mass is 15.3. The third-order valence-corrected chi connectivity index (χ3v) is 5.50. The number of hydrogen-bond acceptors (Lipinski definition) is 10. The SMILES string of the molecule is C=CN1/C(=C/c2cnc3c(/C=C4\Nc5ccncc5N4C=C)nnc-3cn2)Nc2ccncc21. The summed E-state index contributed by atoms with van der Waals surface area (Å²) in [5, 5.41) is 15.3. The maximum absolute atomic E-state index is 4.64. The normalized spacial score (nSPS) is 16.4. The van der Waals surface area contributed by atoms with Crippen LogP contribution in [0.3, 0.4) is 0 Å². The summed E-state index contributed by atoms with van der Waals surface area (Å²) in [6, 6.07) is 3.81. The Balaban J connectivity index is 1.35. The summed E-state index contributed by atoms with van der Waals surface area (Å²) in [5.74, 6) is 1.58. The van der Waals surface area contributed by atoms with Gasteiger partial charge in [-0.2, -0.15) is 0 Å². The van der Waals surface area contributed by atoms with Crippen molar-refractivity contribution in [2.75, 3.05) is 20.4 Å². The minimum atomic E-state index is 0.589. The zero-order valence-electron chi connectivity index (χ0n) is 17.9. The number of pyridine rings is 2. The van der Waals surface area contributed by atoms with Gasteiger partial charge in [-0.3, -0.25) is 15.0 Å². The molecule has 0 saturated carbocycles. The predicted octanol–water partition coefficient (Wildman–Crippen LogP) is 3.91. The summed E-state index contributed by atoms with van der Waals surface area (Å²) in [5.41, 5.74) is 6.20. The lowest BCUT2D eigenvalue weighted by Crippen LogP contribution is -2.12. The Hall–Kier alpha value is -5.12. The summed E-state index contributed by atoms with van der Waals surface area (Å²) in [6.07, 6.45) is 17.6. The van der Waals surface area contributed by atoms with Crippen LogP contribution in [0.5, 0.6) is 0 Å². The molecule has 10 heteroatoms. The monoisotopic (exact) mass is 446 g/mol. The highest BCUT2D eigenvalue weighted by molar-refractivity contribution is 5.86. The molecule has 0 radical (unpaired) electrons. The first kappa shape index (κ1) is 19.6. The fourth-order valence-corrected chi connectivity index (χ4v) is 3.92. The van der Waals surface area contributed by atoms with Crippen LogP contribution in [-0.2, 0) is 0 Å². The Kier molecular flexibility index (Phi) is 4.48. The molecule has 0 unspecified atom stereocenters. The van der Waals surface area contributed by atoms with Gasteiger partial charge < -0.3 is 20.4 Å². The van der Waals surface area contributed by atoms with Crippen molar-refractivity contribution in [2.24, 2.45) is 0 Å². The molecule has 0 spiro atoms. The van der Waals surface area contributed by atoms with Crippen molar-refractivity contribution in [3.05, 3.63) is 97.9 Å². The zero-order chi connectivity index (χ0) is 23.1. The zero-order valence-corrected chi connectivity index (χ0v) is 17.9. The smallest absolute Gasteiger partial charge is 0.132 e. The van der Waals surface area contributed by atoms with Gasteiger partial charge in [0.15, 0.2) is 0 Å². The number of aromatic nitrogens is 6. The van der Waals surface area contributed by atoms with Crippen LogP contribution < -0.4 is 20.4 Å². The van der Waals surface area contributed by atoms with Gasteiger partial charge in [-0.1, -0.05) is 13.2 Å². The lowest BCUT2D eigenvalue weighted by molar-refractivity contribution is 1.08. The predicted molar refractivity (Wildman–Crippen MR) is 131 cm³/mol. The molecular formula is C24H18N10. The Morgan fingerprint density at radius 3 is 2.03 bits per heavy atom. The van der Waals surface area contributed by atoms with Crippen LogP contribution in [0.1, 0.15) is 11.4 Å². The topological polar surface area (TPSA) is 108 Å². The molecule has 6 rings (SSSR count). The minimum absolute atomic E-state index is 0.589. The van der Waals surface area contributed by atoms with Gasteiger partial charge in [-0.15, -0.1) is 10.2 Å². The first-order valence-electron chi connectivity index (χ1n) is 10.4. The number of nitrogens with zero attached hydrogens (tertiary/aromatic N) is 8. The van der Waals surface area contributed by atoms with Gasteiger partial charge in [-0.25, -0.2) is 4.98 Å². The molecule has 2 aromatic heterocycles. The molecule has 34 heavy (non-hydrogen) atoms. The van der Waals surface area contributed by atoms with Gasteiger partial charge in [-0.05, 0) is 12.1 Å². The van der Waals surface area contributed by atoms with Crippen LogP contribution in [0.2, 0.25) is 0 Å². The highest BCUT2D eigenvalue weighted by Crippen LogP contribution is 2.37. The third kappa shape index (κ3) is 3.13. The van der Waals surface area contributed by atoms with E-state index in [-0.39, 0.29) is 0 Å². The first-order valence-corrected chi connectivity index (χ1v) is 10.4. The van der Waals surface area contributed by atoms with Crippen LogP contribution in [-0.4, -0.2) is 30.1 Å². The van der Waals surface area contributed by atoms with Crippen LogP contribution in [0, 0.1) is 0 Å². The van der Waals surface area contributed by atoms with Crippen LogP contribution in [0.4, 0.5) is 22.7 Å². The molecule has 0 fully saturated rings. The van der Waals surface area contributed by atoms with Crippen molar-refractivity contribution in [1.82, 2.24) is 30.1 Å². The van der Waals surface area contributed by atoms with E-state index in [4.69, 9.17) is 0 Å². The summed E-state index contributed by atoms with van der Waals surface area (Å²) in [7, 11) is 0. The average Bonchev–Trinajstić information content (AvgIpc) is 3.48. The number of fused-ring (bicyclic) bond motifs is 3. The van der Waals surface area contributed by atoms with Crippen molar-refractivity contribution in [2.45, 2.75) is 0 Å². The molecule has 2 N–H and O–H groups in total. The molecule has 0 atom stereocenters. The molecule has 0 saturated heterocycles. The summed E-state index contributed by atoms with van der Waals surface area (Å²) in [4.78, 5) is 21.4. The van der Waals surface area contributed by atoms with E-state index in [1.54, 1.807) is 49.6 Å². The van der Waals surface area contributed by atoms with Gasteiger partial charge in [0.05, 0.1) is 53.2 Å². The van der Waals surface area contributed by atoms with Crippen molar-refractivity contribution >= 4 is 34.9 Å². The van der Waals surface area contributed by atoms with Crippen LogP contribution >= 0.6 is 0 Å². The van der Waals surface area contributed by atoms with E-state index in [0.29, 0.717) is 22.8 Å². The molecule has 164 valence electrons. The molecule has 4 aliphatic rings. The van der Waals surface area contributed by atoms with E-state index in [2.05, 4.69) is 53.9 Å². The first-order chi connectivity index (χ1) is 16.7.